The second-order valence-electron chi connectivity index (χ2n) is 6.43. The number of benzene rings is 2. The van der Waals surface area contributed by atoms with E-state index in [1.807, 2.05) is 46.8 Å². The smallest absolute Gasteiger partial charge is 0.338 e. The summed E-state index contributed by atoms with van der Waals surface area (Å²) in [5.41, 5.74) is 4.09. The lowest BCUT2D eigenvalue weighted by Crippen LogP contribution is -2.22. The van der Waals surface area contributed by atoms with Gasteiger partial charge in [-0.2, -0.15) is 0 Å². The molecule has 28 heavy (non-hydrogen) atoms. The summed E-state index contributed by atoms with van der Waals surface area (Å²) in [7, 11) is 0. The Balaban J connectivity index is 2.01. The molecular weight excluding hydrogens is 358 g/mol. The summed E-state index contributed by atoms with van der Waals surface area (Å²) < 4.78 is 16.1. The van der Waals surface area contributed by atoms with Crippen LogP contribution < -0.4 is 14.8 Å². The number of carbonyl (C=O) groups excluding carboxylic acids is 2. The fourth-order valence-corrected chi connectivity index (χ4v) is 2.95. The Hall–Kier alpha value is -3.02. The summed E-state index contributed by atoms with van der Waals surface area (Å²) >= 11 is 0. The van der Waals surface area contributed by atoms with Crippen LogP contribution in [0, 0.1) is 20.8 Å². The Morgan fingerprint density at radius 2 is 1.50 bits per heavy atom. The molecule has 0 unspecified atom stereocenters. The van der Waals surface area contributed by atoms with Gasteiger partial charge in [-0.25, -0.2) is 4.79 Å². The molecule has 1 N–H and O–H groups in total. The van der Waals surface area contributed by atoms with Crippen LogP contribution in [0.25, 0.3) is 0 Å². The molecule has 0 fully saturated rings. The number of ether oxygens (including phenoxy) is 3. The van der Waals surface area contributed by atoms with Crippen molar-refractivity contribution in [2.45, 2.75) is 34.6 Å². The summed E-state index contributed by atoms with van der Waals surface area (Å²) in [6.07, 6.45) is 0. The summed E-state index contributed by atoms with van der Waals surface area (Å²) in [5, 5.41) is 2.81. The number of amides is 1. The van der Waals surface area contributed by atoms with E-state index in [0.29, 0.717) is 30.3 Å². The zero-order valence-electron chi connectivity index (χ0n) is 17.0. The van der Waals surface area contributed by atoms with Crippen molar-refractivity contribution in [1.29, 1.82) is 0 Å². The first-order chi connectivity index (χ1) is 13.3. The second kappa shape index (κ2) is 9.78. The first kappa shape index (κ1) is 21.3. The van der Waals surface area contributed by atoms with Gasteiger partial charge in [0.25, 0.3) is 5.91 Å². The molecule has 0 heterocycles. The van der Waals surface area contributed by atoms with Crippen molar-refractivity contribution >= 4 is 17.6 Å². The van der Waals surface area contributed by atoms with E-state index < -0.39 is 5.97 Å². The zero-order chi connectivity index (χ0) is 20.7. The molecule has 0 atom stereocenters. The standard InChI is InChI=1S/C22H27NO5/c1-6-26-18-9-8-17(12-19(18)27-7-2)22(25)28-13-20(24)23-21-15(4)10-14(3)11-16(21)5/h8-12H,6-7,13H2,1-5H3,(H,23,24). The molecule has 0 aliphatic rings. The first-order valence-corrected chi connectivity index (χ1v) is 9.30. The van der Waals surface area contributed by atoms with Gasteiger partial charge in [0.2, 0.25) is 0 Å². The van der Waals surface area contributed by atoms with Gasteiger partial charge in [0.05, 0.1) is 18.8 Å². The molecule has 0 radical (unpaired) electrons. The lowest BCUT2D eigenvalue weighted by molar-refractivity contribution is -0.119. The van der Waals surface area contributed by atoms with Gasteiger partial charge in [-0.15, -0.1) is 0 Å². The highest BCUT2D eigenvalue weighted by atomic mass is 16.5. The van der Waals surface area contributed by atoms with Gasteiger partial charge in [0.1, 0.15) is 0 Å². The Bertz CT molecular complexity index is 837. The molecule has 0 aliphatic carbocycles. The third-order valence-corrected chi connectivity index (χ3v) is 4.05. The van der Waals surface area contributed by atoms with Crippen LogP contribution in [0.15, 0.2) is 30.3 Å². The van der Waals surface area contributed by atoms with E-state index in [0.717, 1.165) is 22.4 Å². The lowest BCUT2D eigenvalue weighted by atomic mass is 10.1. The Labute approximate surface area is 165 Å². The average Bonchev–Trinajstić information content (AvgIpc) is 2.64. The lowest BCUT2D eigenvalue weighted by Gasteiger charge is -2.14. The predicted octanol–water partition coefficient (Wildman–Crippen LogP) is 4.20. The number of hydrogen-bond donors (Lipinski definition) is 1. The van der Waals surface area contributed by atoms with Crippen molar-refractivity contribution in [2.75, 3.05) is 25.1 Å². The van der Waals surface area contributed by atoms with Gasteiger partial charge in [-0.05, 0) is 63.9 Å². The van der Waals surface area contributed by atoms with Gasteiger partial charge in [0, 0.05) is 5.69 Å². The molecule has 0 saturated heterocycles. The zero-order valence-corrected chi connectivity index (χ0v) is 17.0. The van der Waals surface area contributed by atoms with E-state index in [4.69, 9.17) is 14.2 Å². The Kier molecular flexibility index (Phi) is 7.44. The predicted molar refractivity (Wildman–Crippen MR) is 108 cm³/mol. The van der Waals surface area contributed by atoms with Gasteiger partial charge >= 0.3 is 5.97 Å². The van der Waals surface area contributed by atoms with Crippen LogP contribution in [-0.4, -0.2) is 31.7 Å². The van der Waals surface area contributed by atoms with Crippen molar-refractivity contribution < 1.29 is 23.8 Å². The molecule has 0 aliphatic heterocycles. The molecule has 0 aromatic heterocycles. The summed E-state index contributed by atoms with van der Waals surface area (Å²) in [4.78, 5) is 24.5. The molecule has 6 heteroatoms. The van der Waals surface area contributed by atoms with Crippen LogP contribution in [0.2, 0.25) is 0 Å². The molecule has 150 valence electrons. The first-order valence-electron chi connectivity index (χ1n) is 9.30. The normalized spacial score (nSPS) is 10.3. The van der Waals surface area contributed by atoms with Crippen LogP contribution >= 0.6 is 0 Å². The minimum Gasteiger partial charge on any atom is -0.490 e. The van der Waals surface area contributed by atoms with Gasteiger partial charge in [-0.3, -0.25) is 4.79 Å². The quantitative estimate of drug-likeness (QED) is 0.689. The van der Waals surface area contributed by atoms with Gasteiger partial charge < -0.3 is 19.5 Å². The maximum Gasteiger partial charge on any atom is 0.338 e. The van der Waals surface area contributed by atoms with Crippen molar-refractivity contribution in [3.05, 3.63) is 52.6 Å². The molecule has 0 spiro atoms. The molecule has 1 amide bonds. The van der Waals surface area contributed by atoms with E-state index in [1.54, 1.807) is 18.2 Å². The highest BCUT2D eigenvalue weighted by molar-refractivity contribution is 5.96. The Morgan fingerprint density at radius 1 is 0.893 bits per heavy atom. The second-order valence-corrected chi connectivity index (χ2v) is 6.43. The summed E-state index contributed by atoms with van der Waals surface area (Å²) in [5.74, 6) is 0.0361. The van der Waals surface area contributed by atoms with E-state index in [-0.39, 0.29) is 12.5 Å². The maximum absolute atomic E-state index is 12.3. The van der Waals surface area contributed by atoms with Crippen molar-refractivity contribution in [3.63, 3.8) is 0 Å². The van der Waals surface area contributed by atoms with Crippen LogP contribution in [0.1, 0.15) is 40.9 Å². The number of rotatable bonds is 8. The molecule has 2 rings (SSSR count). The fourth-order valence-electron chi connectivity index (χ4n) is 2.95. The van der Waals surface area contributed by atoms with Gasteiger partial charge in [0.15, 0.2) is 18.1 Å². The number of hydrogen-bond acceptors (Lipinski definition) is 5. The third-order valence-electron chi connectivity index (χ3n) is 4.05. The molecule has 0 saturated carbocycles. The molecule has 0 bridgehead atoms. The molecule has 2 aromatic carbocycles. The van der Waals surface area contributed by atoms with E-state index >= 15 is 0 Å². The number of anilines is 1. The minimum atomic E-state index is -0.600. The Morgan fingerprint density at radius 3 is 2.11 bits per heavy atom. The fraction of sp³-hybridized carbons (Fsp3) is 0.364. The maximum atomic E-state index is 12.3. The van der Waals surface area contributed by atoms with Crippen LogP contribution in [0.4, 0.5) is 5.69 Å². The number of aryl methyl sites for hydroxylation is 3. The van der Waals surface area contributed by atoms with Crippen LogP contribution in [0.3, 0.4) is 0 Å². The minimum absolute atomic E-state index is 0.294. The molecular formula is C22H27NO5. The third kappa shape index (κ3) is 5.49. The number of esters is 1. The highest BCUT2D eigenvalue weighted by Crippen LogP contribution is 2.29. The number of carbonyl (C=O) groups is 2. The monoisotopic (exact) mass is 385 g/mol. The van der Waals surface area contributed by atoms with E-state index in [9.17, 15) is 9.59 Å². The average molecular weight is 385 g/mol. The van der Waals surface area contributed by atoms with E-state index in [2.05, 4.69) is 5.32 Å². The molecule has 2 aromatic rings. The summed E-state index contributed by atoms with van der Waals surface area (Å²) in [6.45, 7) is 10.1. The number of nitrogens with one attached hydrogen (secondary N) is 1. The van der Waals surface area contributed by atoms with Crippen LogP contribution in [0.5, 0.6) is 11.5 Å². The summed E-state index contributed by atoms with van der Waals surface area (Å²) in [6, 6.07) is 8.78. The van der Waals surface area contributed by atoms with Gasteiger partial charge in [-0.1, -0.05) is 17.7 Å². The van der Waals surface area contributed by atoms with Crippen molar-refractivity contribution in [2.24, 2.45) is 0 Å². The van der Waals surface area contributed by atoms with Crippen molar-refractivity contribution in [3.8, 4) is 11.5 Å². The SMILES string of the molecule is CCOc1ccc(C(=O)OCC(=O)Nc2c(C)cc(C)cc2C)cc1OCC. The van der Waals surface area contributed by atoms with E-state index in [1.165, 1.54) is 0 Å². The van der Waals surface area contributed by atoms with Crippen LogP contribution in [-0.2, 0) is 9.53 Å². The largest absolute Gasteiger partial charge is 0.490 e. The topological polar surface area (TPSA) is 73.9 Å². The highest BCUT2D eigenvalue weighted by Gasteiger charge is 2.15. The van der Waals surface area contributed by atoms with Crippen molar-refractivity contribution in [1.82, 2.24) is 0 Å². The molecule has 6 nitrogen and oxygen atoms in total.